The molecule has 2 amide bonds. The summed E-state index contributed by atoms with van der Waals surface area (Å²) in [5, 5.41) is 11.8. The van der Waals surface area contributed by atoms with Crippen molar-refractivity contribution >= 4 is 11.8 Å². The minimum Gasteiger partial charge on any atom is -0.328 e. The third kappa shape index (κ3) is 5.43. The van der Waals surface area contributed by atoms with Crippen LogP contribution in [0.3, 0.4) is 0 Å². The number of ketones is 1. The number of amides is 2. The van der Waals surface area contributed by atoms with Gasteiger partial charge >= 0.3 is 6.03 Å². The summed E-state index contributed by atoms with van der Waals surface area (Å²) in [6.45, 7) is 1.11. The average molecular weight is 448 g/mol. The SMILES string of the molecule is N#CC1(CC(=O)[C@H](CC(F)(F)Cc2ccc(F)cc2)NC(=O)N2CCC3(CC2)CC3)CC1. The van der Waals surface area contributed by atoms with Gasteiger partial charge in [-0.3, -0.25) is 4.79 Å². The van der Waals surface area contributed by atoms with Crippen molar-refractivity contribution in [3.05, 3.63) is 35.6 Å². The largest absolute Gasteiger partial charge is 0.328 e. The highest BCUT2D eigenvalue weighted by Crippen LogP contribution is 2.53. The van der Waals surface area contributed by atoms with Crippen LogP contribution in [0, 0.1) is 28.0 Å². The number of hydrogen-bond donors (Lipinski definition) is 1. The number of carbonyl (C=O) groups is 2. The molecule has 0 bridgehead atoms. The first-order valence-electron chi connectivity index (χ1n) is 11.3. The molecule has 1 aromatic rings. The molecule has 1 spiro atoms. The summed E-state index contributed by atoms with van der Waals surface area (Å²) in [4.78, 5) is 27.3. The highest BCUT2D eigenvalue weighted by Gasteiger charge is 2.48. The fourth-order valence-electron chi connectivity index (χ4n) is 4.55. The summed E-state index contributed by atoms with van der Waals surface area (Å²) in [6, 6.07) is 5.04. The number of alkyl halides is 2. The summed E-state index contributed by atoms with van der Waals surface area (Å²) in [5.74, 6) is -4.33. The zero-order chi connectivity index (χ0) is 23.0. The van der Waals surface area contributed by atoms with Crippen molar-refractivity contribution in [3.8, 4) is 6.07 Å². The number of Topliss-reactive ketones (excluding diaryl/α,β-unsaturated/α-hetero) is 1. The molecule has 1 atom stereocenters. The fourth-order valence-corrected chi connectivity index (χ4v) is 4.55. The maximum atomic E-state index is 14.9. The van der Waals surface area contributed by atoms with E-state index in [1.807, 2.05) is 0 Å². The highest BCUT2D eigenvalue weighted by atomic mass is 19.3. The smallest absolute Gasteiger partial charge is 0.317 e. The molecule has 1 aromatic carbocycles. The first-order chi connectivity index (χ1) is 15.1. The molecule has 0 radical (unpaired) electrons. The number of nitrogens with one attached hydrogen (secondary N) is 1. The van der Waals surface area contributed by atoms with Crippen LogP contribution < -0.4 is 5.32 Å². The zero-order valence-electron chi connectivity index (χ0n) is 18.0. The van der Waals surface area contributed by atoms with Crippen LogP contribution in [-0.4, -0.2) is 41.8 Å². The number of likely N-dealkylation sites (tertiary alicyclic amines) is 1. The number of nitrogens with zero attached hydrogens (tertiary/aromatic N) is 2. The minimum absolute atomic E-state index is 0.135. The molecule has 5 nitrogen and oxygen atoms in total. The molecule has 32 heavy (non-hydrogen) atoms. The molecule has 1 heterocycles. The Balaban J connectivity index is 1.42. The van der Waals surface area contributed by atoms with Gasteiger partial charge in [0.25, 0.3) is 5.92 Å². The Morgan fingerprint density at radius 2 is 1.72 bits per heavy atom. The molecular formula is C24H28F3N3O2. The summed E-state index contributed by atoms with van der Waals surface area (Å²) in [6.07, 6.45) is 3.63. The van der Waals surface area contributed by atoms with E-state index in [1.54, 1.807) is 4.90 Å². The van der Waals surface area contributed by atoms with E-state index in [2.05, 4.69) is 11.4 Å². The lowest BCUT2D eigenvalue weighted by molar-refractivity contribution is -0.124. The molecule has 1 saturated heterocycles. The molecule has 4 rings (SSSR count). The van der Waals surface area contributed by atoms with Gasteiger partial charge < -0.3 is 10.2 Å². The van der Waals surface area contributed by atoms with Crippen molar-refractivity contribution in [2.45, 2.75) is 69.8 Å². The lowest BCUT2D eigenvalue weighted by Crippen LogP contribution is -2.52. The van der Waals surface area contributed by atoms with Crippen LogP contribution in [0.2, 0.25) is 0 Å². The van der Waals surface area contributed by atoms with Crippen LogP contribution in [-0.2, 0) is 11.2 Å². The van der Waals surface area contributed by atoms with E-state index in [-0.39, 0.29) is 12.0 Å². The topological polar surface area (TPSA) is 73.2 Å². The normalized spacial score (nSPS) is 21.5. The predicted molar refractivity (Wildman–Crippen MR) is 111 cm³/mol. The maximum Gasteiger partial charge on any atom is 0.317 e. The molecule has 0 unspecified atom stereocenters. The van der Waals surface area contributed by atoms with E-state index in [4.69, 9.17) is 0 Å². The van der Waals surface area contributed by atoms with E-state index in [9.17, 15) is 28.0 Å². The molecule has 1 aliphatic heterocycles. The van der Waals surface area contributed by atoms with Gasteiger partial charge in [-0.1, -0.05) is 12.1 Å². The first kappa shape index (κ1) is 22.6. The number of urea groups is 1. The van der Waals surface area contributed by atoms with Crippen LogP contribution in [0.1, 0.15) is 56.9 Å². The molecule has 3 fully saturated rings. The van der Waals surface area contributed by atoms with E-state index in [0.29, 0.717) is 31.3 Å². The Bertz CT molecular complexity index is 907. The Kier molecular flexibility index (Phi) is 5.95. The Morgan fingerprint density at radius 1 is 1.09 bits per heavy atom. The van der Waals surface area contributed by atoms with Crippen molar-refractivity contribution in [2.75, 3.05) is 13.1 Å². The minimum atomic E-state index is -3.28. The molecule has 2 saturated carbocycles. The van der Waals surface area contributed by atoms with Gasteiger partial charge in [0.1, 0.15) is 5.82 Å². The van der Waals surface area contributed by atoms with Crippen molar-refractivity contribution in [1.29, 1.82) is 5.26 Å². The molecule has 2 aliphatic carbocycles. The van der Waals surface area contributed by atoms with Crippen LogP contribution in [0.15, 0.2) is 24.3 Å². The van der Waals surface area contributed by atoms with E-state index < -0.39 is 47.9 Å². The molecule has 8 heteroatoms. The standard InChI is InChI=1S/C24H28F3N3O2/c25-18-3-1-17(2-4-18)13-24(26,27)14-19(20(31)15-23(16-28)7-8-23)29-21(32)30-11-9-22(5-6-22)10-12-30/h1-4,19H,5-15H2,(H,29,32)/t19-/m0/s1. The van der Waals surface area contributed by atoms with Crippen LogP contribution in [0.4, 0.5) is 18.0 Å². The van der Waals surface area contributed by atoms with E-state index in [0.717, 1.165) is 25.0 Å². The van der Waals surface area contributed by atoms with E-state index in [1.165, 1.54) is 25.0 Å². The van der Waals surface area contributed by atoms with Gasteiger partial charge in [-0.15, -0.1) is 0 Å². The number of nitriles is 1. The maximum absolute atomic E-state index is 14.9. The summed E-state index contributed by atoms with van der Waals surface area (Å²) >= 11 is 0. The third-order valence-electron chi connectivity index (χ3n) is 7.24. The van der Waals surface area contributed by atoms with Crippen LogP contribution in [0.5, 0.6) is 0 Å². The molecule has 0 aromatic heterocycles. The quantitative estimate of drug-likeness (QED) is 0.633. The third-order valence-corrected chi connectivity index (χ3v) is 7.24. The van der Waals surface area contributed by atoms with Gasteiger partial charge in [-0.05, 0) is 61.6 Å². The number of hydrogen-bond acceptors (Lipinski definition) is 3. The van der Waals surface area contributed by atoms with Gasteiger partial charge in [-0.25, -0.2) is 18.0 Å². The zero-order valence-corrected chi connectivity index (χ0v) is 18.0. The van der Waals surface area contributed by atoms with Crippen molar-refractivity contribution < 1.29 is 22.8 Å². The second kappa shape index (κ2) is 8.42. The molecule has 1 N–H and O–H groups in total. The average Bonchev–Trinajstić information content (AvgIpc) is 3.68. The van der Waals surface area contributed by atoms with Gasteiger partial charge in [0, 0.05) is 32.4 Å². The van der Waals surface area contributed by atoms with E-state index >= 15 is 0 Å². The lowest BCUT2D eigenvalue weighted by atomic mass is 9.92. The van der Waals surface area contributed by atoms with Gasteiger partial charge in [0.05, 0.1) is 17.5 Å². The second-order valence-electron chi connectivity index (χ2n) is 9.89. The number of rotatable bonds is 8. The second-order valence-corrected chi connectivity index (χ2v) is 9.89. The van der Waals surface area contributed by atoms with Gasteiger partial charge in [-0.2, -0.15) is 5.26 Å². The Morgan fingerprint density at radius 3 is 2.25 bits per heavy atom. The Labute approximate surface area is 186 Å². The summed E-state index contributed by atoms with van der Waals surface area (Å²) in [7, 11) is 0. The monoisotopic (exact) mass is 447 g/mol. The predicted octanol–water partition coefficient (Wildman–Crippen LogP) is 4.61. The Hall–Kier alpha value is -2.56. The van der Waals surface area contributed by atoms with Gasteiger partial charge in [0.15, 0.2) is 5.78 Å². The highest BCUT2D eigenvalue weighted by molar-refractivity contribution is 5.89. The van der Waals surface area contributed by atoms with Crippen LogP contribution >= 0.6 is 0 Å². The number of piperidine rings is 1. The number of halogens is 3. The van der Waals surface area contributed by atoms with Crippen molar-refractivity contribution in [3.63, 3.8) is 0 Å². The molecule has 172 valence electrons. The van der Waals surface area contributed by atoms with Crippen molar-refractivity contribution in [1.82, 2.24) is 10.2 Å². The first-order valence-corrected chi connectivity index (χ1v) is 11.3. The van der Waals surface area contributed by atoms with Gasteiger partial charge in [0.2, 0.25) is 0 Å². The summed E-state index contributed by atoms with van der Waals surface area (Å²) in [5.41, 5.74) is -0.176. The van der Waals surface area contributed by atoms with Crippen LogP contribution in [0.25, 0.3) is 0 Å². The fraction of sp³-hybridized carbons (Fsp3) is 0.625. The summed E-state index contributed by atoms with van der Waals surface area (Å²) < 4.78 is 42.8. The number of carbonyl (C=O) groups excluding carboxylic acids is 2. The van der Waals surface area contributed by atoms with Crippen molar-refractivity contribution in [2.24, 2.45) is 10.8 Å². The number of benzene rings is 1. The molecule has 3 aliphatic rings. The lowest BCUT2D eigenvalue weighted by Gasteiger charge is -2.34. The molecular weight excluding hydrogens is 419 g/mol.